The van der Waals surface area contributed by atoms with E-state index in [4.69, 9.17) is 0 Å². The van der Waals surface area contributed by atoms with Gasteiger partial charge in [-0.3, -0.25) is 4.79 Å². The van der Waals surface area contributed by atoms with Crippen molar-refractivity contribution < 1.29 is 9.90 Å². The van der Waals surface area contributed by atoms with E-state index in [1.807, 2.05) is 0 Å². The van der Waals surface area contributed by atoms with Gasteiger partial charge in [0.05, 0.1) is 0 Å². The Morgan fingerprint density at radius 1 is 1.58 bits per heavy atom. The van der Waals surface area contributed by atoms with Crippen LogP contribution in [0.15, 0.2) is 12.2 Å². The van der Waals surface area contributed by atoms with Gasteiger partial charge in [0.2, 0.25) is 5.91 Å². The van der Waals surface area contributed by atoms with E-state index in [0.717, 1.165) is 0 Å². The van der Waals surface area contributed by atoms with Crippen molar-refractivity contribution in [2.75, 3.05) is 0 Å². The molecule has 1 unspecified atom stereocenters. The molecule has 0 saturated heterocycles. The normalized spacial score (nSPS) is 13.8. The minimum Gasteiger partial charge on any atom is -0.370 e. The zero-order valence-electron chi connectivity index (χ0n) is 6.27. The van der Waals surface area contributed by atoms with E-state index in [1.165, 1.54) is 0 Å². The fraction of sp³-hybridized carbons (Fsp3) is 0.500. The number of rotatable bonds is 2. The summed E-state index contributed by atoms with van der Waals surface area (Å²) in [5, 5.41) is 11.6. The summed E-state index contributed by atoms with van der Waals surface area (Å²) in [6.45, 7) is 4.98. The first-order chi connectivity index (χ1) is 5.25. The number of hydrogen-bond acceptors (Lipinski definition) is 2. The predicted octanol–water partition coefficient (Wildman–Crippen LogP) is 1.84. The monoisotopic (exact) mass is 363 g/mol. The lowest BCUT2D eigenvalue weighted by molar-refractivity contribution is -0.120. The molecular weight excluding hydrogens is 358 g/mol. The first-order valence-corrected chi connectivity index (χ1v) is 5.34. The maximum atomic E-state index is 11.0. The molecule has 0 radical (unpaired) electrons. The number of amides is 1. The molecule has 0 aromatic carbocycles. The minimum atomic E-state index is -1.08. The van der Waals surface area contributed by atoms with Crippen LogP contribution in [-0.2, 0) is 4.79 Å². The van der Waals surface area contributed by atoms with Crippen molar-refractivity contribution >= 4 is 53.7 Å². The van der Waals surface area contributed by atoms with Crippen LogP contribution in [-0.4, -0.2) is 19.4 Å². The van der Waals surface area contributed by atoms with Crippen LogP contribution in [0.3, 0.4) is 0 Å². The van der Waals surface area contributed by atoms with Gasteiger partial charge in [-0.25, -0.2) is 0 Å². The van der Waals surface area contributed by atoms with E-state index < -0.39 is 14.3 Å². The summed E-state index contributed by atoms with van der Waals surface area (Å²) in [4.78, 5) is 11.0. The largest absolute Gasteiger partial charge is 0.370 e. The molecular formula is C6H8Br3NO2. The lowest BCUT2D eigenvalue weighted by Gasteiger charge is -2.20. The van der Waals surface area contributed by atoms with Gasteiger partial charge in [-0.15, -0.1) is 0 Å². The summed E-state index contributed by atoms with van der Waals surface area (Å²) >= 11 is 9.18. The van der Waals surface area contributed by atoms with Gasteiger partial charge in [-0.1, -0.05) is 54.4 Å². The highest BCUT2D eigenvalue weighted by molar-refractivity contribution is 9.39. The van der Waals surface area contributed by atoms with Crippen molar-refractivity contribution in [3.8, 4) is 0 Å². The molecule has 0 heterocycles. The average molecular weight is 366 g/mol. The highest BCUT2D eigenvalue weighted by atomic mass is 80.0. The molecule has 0 aliphatic rings. The number of hydrogen-bond donors (Lipinski definition) is 2. The third-order valence-electron chi connectivity index (χ3n) is 0.965. The molecule has 12 heavy (non-hydrogen) atoms. The number of carbonyl (C=O) groups is 1. The van der Waals surface area contributed by atoms with Gasteiger partial charge in [-0.2, -0.15) is 0 Å². The lowest BCUT2D eigenvalue weighted by atomic mass is 10.3. The maximum Gasteiger partial charge on any atom is 0.248 e. The summed E-state index contributed by atoms with van der Waals surface area (Å²) < 4.78 is -0.905. The Kier molecular flexibility index (Phi) is 4.98. The summed E-state index contributed by atoms with van der Waals surface area (Å²) in [5.41, 5.74) is 0.339. The number of aliphatic hydroxyl groups is 1. The Balaban J connectivity index is 4.11. The molecule has 3 nitrogen and oxygen atoms in total. The topological polar surface area (TPSA) is 49.3 Å². The maximum absolute atomic E-state index is 11.0. The van der Waals surface area contributed by atoms with Gasteiger partial charge in [0.1, 0.15) is 0 Å². The number of carbonyl (C=O) groups excluding carboxylic acids is 1. The Bertz CT molecular complexity index is 199. The first kappa shape index (κ1) is 12.6. The Morgan fingerprint density at radius 3 is 2.25 bits per heavy atom. The zero-order chi connectivity index (χ0) is 9.94. The SMILES string of the molecule is C=C(C)C(=O)NC(O)C(Br)(Br)Br. The Morgan fingerprint density at radius 2 is 2.00 bits per heavy atom. The van der Waals surface area contributed by atoms with Gasteiger partial charge in [0.25, 0.3) is 0 Å². The fourth-order valence-corrected chi connectivity index (χ4v) is 0.673. The molecule has 1 amide bonds. The van der Waals surface area contributed by atoms with E-state index in [9.17, 15) is 9.90 Å². The van der Waals surface area contributed by atoms with E-state index in [2.05, 4.69) is 59.7 Å². The molecule has 1 atom stereocenters. The van der Waals surface area contributed by atoms with Crippen LogP contribution in [0.25, 0.3) is 0 Å². The molecule has 70 valence electrons. The van der Waals surface area contributed by atoms with Crippen molar-refractivity contribution in [2.24, 2.45) is 0 Å². The highest BCUT2D eigenvalue weighted by Gasteiger charge is 2.30. The van der Waals surface area contributed by atoms with Crippen molar-refractivity contribution in [1.82, 2.24) is 5.32 Å². The van der Waals surface area contributed by atoms with Crippen LogP contribution in [0.4, 0.5) is 0 Å². The third kappa shape index (κ3) is 4.59. The van der Waals surface area contributed by atoms with Gasteiger partial charge < -0.3 is 10.4 Å². The molecule has 0 aliphatic carbocycles. The first-order valence-electron chi connectivity index (χ1n) is 2.96. The molecule has 0 fully saturated rings. The van der Waals surface area contributed by atoms with Crippen LogP contribution in [0, 0.1) is 0 Å². The van der Waals surface area contributed by atoms with E-state index in [0.29, 0.717) is 5.57 Å². The summed E-state index contributed by atoms with van der Waals surface area (Å²) in [6.07, 6.45) is -1.08. The van der Waals surface area contributed by atoms with Crippen LogP contribution in [0.1, 0.15) is 6.92 Å². The second-order valence-corrected chi connectivity index (χ2v) is 9.14. The standard InChI is InChI=1S/C6H8Br3NO2/c1-3(2)4(11)10-5(12)6(7,8)9/h5,12H,1H2,2H3,(H,10,11). The third-order valence-corrected chi connectivity index (χ3v) is 2.27. The minimum absolute atomic E-state index is 0.339. The second-order valence-electron chi connectivity index (χ2n) is 2.20. The highest BCUT2D eigenvalue weighted by Crippen LogP contribution is 2.35. The van der Waals surface area contributed by atoms with E-state index in [1.54, 1.807) is 6.92 Å². The van der Waals surface area contributed by atoms with Crippen LogP contribution in [0.2, 0.25) is 0 Å². The number of halogens is 3. The average Bonchev–Trinajstić information content (AvgIpc) is 1.85. The van der Waals surface area contributed by atoms with Crippen molar-refractivity contribution in [2.45, 2.75) is 15.3 Å². The van der Waals surface area contributed by atoms with Crippen molar-refractivity contribution in [3.05, 3.63) is 12.2 Å². The molecule has 0 aromatic rings. The van der Waals surface area contributed by atoms with Gasteiger partial charge >= 0.3 is 0 Å². The van der Waals surface area contributed by atoms with Crippen LogP contribution >= 0.6 is 47.8 Å². The van der Waals surface area contributed by atoms with Crippen LogP contribution in [0.5, 0.6) is 0 Å². The summed E-state index contributed by atoms with van der Waals surface area (Å²) in [6, 6.07) is 0. The zero-order valence-corrected chi connectivity index (χ0v) is 11.0. The smallest absolute Gasteiger partial charge is 0.248 e. The number of nitrogens with one attached hydrogen (secondary N) is 1. The molecule has 2 N–H and O–H groups in total. The molecule has 0 saturated carbocycles. The van der Waals surface area contributed by atoms with Gasteiger partial charge in [0.15, 0.2) is 8.37 Å². The molecule has 0 aliphatic heterocycles. The van der Waals surface area contributed by atoms with Crippen molar-refractivity contribution in [3.63, 3.8) is 0 Å². The molecule has 0 rings (SSSR count). The number of alkyl halides is 3. The van der Waals surface area contributed by atoms with E-state index >= 15 is 0 Å². The Hall–Kier alpha value is 0.610. The van der Waals surface area contributed by atoms with E-state index in [-0.39, 0.29) is 0 Å². The molecule has 6 heteroatoms. The summed E-state index contributed by atoms with van der Waals surface area (Å²) in [7, 11) is 0. The molecule has 0 spiro atoms. The van der Waals surface area contributed by atoms with Crippen molar-refractivity contribution in [1.29, 1.82) is 0 Å². The Labute approximate surface area is 96.0 Å². The van der Waals surface area contributed by atoms with Crippen LogP contribution < -0.4 is 5.32 Å². The predicted molar refractivity (Wildman–Crippen MR) is 58.5 cm³/mol. The summed E-state index contributed by atoms with van der Waals surface area (Å²) in [5.74, 6) is -0.398. The fourth-order valence-electron chi connectivity index (χ4n) is 0.329. The number of aliphatic hydroxyl groups excluding tert-OH is 1. The van der Waals surface area contributed by atoms with Gasteiger partial charge in [-0.05, 0) is 6.92 Å². The quantitative estimate of drug-likeness (QED) is 0.445. The second kappa shape index (κ2) is 4.74. The van der Waals surface area contributed by atoms with Gasteiger partial charge in [0, 0.05) is 5.57 Å². The molecule has 0 bridgehead atoms. The lowest BCUT2D eigenvalue weighted by Crippen LogP contribution is -2.42. The molecule has 0 aromatic heterocycles.